The lowest BCUT2D eigenvalue weighted by molar-refractivity contribution is -0.144. The van der Waals surface area contributed by atoms with E-state index in [0.29, 0.717) is 11.9 Å². The Morgan fingerprint density at radius 2 is 2.06 bits per heavy atom. The first-order valence-corrected chi connectivity index (χ1v) is 6.20. The van der Waals surface area contributed by atoms with E-state index in [2.05, 4.69) is 5.10 Å². The predicted molar refractivity (Wildman–Crippen MR) is 61.4 cm³/mol. The van der Waals surface area contributed by atoms with E-state index in [9.17, 15) is 4.79 Å². The maximum Gasteiger partial charge on any atom is 0.226 e. The third-order valence-corrected chi connectivity index (χ3v) is 3.64. The van der Waals surface area contributed by atoms with Gasteiger partial charge in [0.15, 0.2) is 0 Å². The summed E-state index contributed by atoms with van der Waals surface area (Å²) in [7, 11) is 0. The fraction of sp³-hybridized carbons (Fsp3) is 0.667. The molecule has 2 aliphatic rings. The lowest BCUT2D eigenvalue weighted by Crippen LogP contribution is -2.53. The number of hydrogen-bond acceptors (Lipinski definition) is 3. The van der Waals surface area contributed by atoms with Crippen LogP contribution >= 0.6 is 0 Å². The van der Waals surface area contributed by atoms with Crippen LogP contribution in [0.2, 0.25) is 0 Å². The predicted octanol–water partition coefficient (Wildman–Crippen LogP) is 0.693. The minimum atomic E-state index is 0.183. The van der Waals surface area contributed by atoms with E-state index in [0.717, 1.165) is 39.1 Å². The van der Waals surface area contributed by atoms with Crippen molar-refractivity contribution in [1.82, 2.24) is 14.7 Å². The van der Waals surface area contributed by atoms with Gasteiger partial charge in [-0.25, -0.2) is 0 Å². The Bertz CT molecular complexity index is 378. The van der Waals surface area contributed by atoms with Gasteiger partial charge in [-0.05, 0) is 18.9 Å². The van der Waals surface area contributed by atoms with Crippen molar-refractivity contribution in [3.8, 4) is 0 Å². The third-order valence-electron chi connectivity index (χ3n) is 3.64. The van der Waals surface area contributed by atoms with Crippen LogP contribution in [0.1, 0.15) is 18.9 Å². The molecule has 1 amide bonds. The van der Waals surface area contributed by atoms with Gasteiger partial charge in [0.25, 0.3) is 0 Å². The highest BCUT2D eigenvalue weighted by atomic mass is 16.5. The Hall–Kier alpha value is -1.36. The molecule has 1 aromatic heterocycles. The number of ether oxygens (including phenoxy) is 1. The van der Waals surface area contributed by atoms with Gasteiger partial charge in [0, 0.05) is 44.6 Å². The lowest BCUT2D eigenvalue weighted by Gasteiger charge is -2.41. The SMILES string of the molecule is O=C(C1CCOCC1)N1CC(n2cccn2)C1. The van der Waals surface area contributed by atoms with Gasteiger partial charge >= 0.3 is 0 Å². The highest BCUT2D eigenvalue weighted by molar-refractivity contribution is 5.79. The zero-order valence-electron chi connectivity index (χ0n) is 9.79. The molecule has 0 N–H and O–H groups in total. The molecule has 5 nitrogen and oxygen atoms in total. The monoisotopic (exact) mass is 235 g/mol. The summed E-state index contributed by atoms with van der Waals surface area (Å²) in [6.07, 6.45) is 5.49. The van der Waals surface area contributed by atoms with Crippen molar-refractivity contribution in [2.75, 3.05) is 26.3 Å². The standard InChI is InChI=1S/C12H17N3O2/c16-12(10-2-6-17-7-3-10)14-8-11(9-14)15-5-1-4-13-15/h1,4-5,10-11H,2-3,6-9H2. The molecule has 2 aliphatic heterocycles. The number of hydrogen-bond donors (Lipinski definition) is 0. The fourth-order valence-corrected chi connectivity index (χ4v) is 2.50. The summed E-state index contributed by atoms with van der Waals surface area (Å²) in [6.45, 7) is 3.06. The van der Waals surface area contributed by atoms with Crippen molar-refractivity contribution in [2.24, 2.45) is 5.92 Å². The number of nitrogens with zero attached hydrogens (tertiary/aromatic N) is 3. The second kappa shape index (κ2) is 4.49. The van der Waals surface area contributed by atoms with Crippen LogP contribution in [-0.2, 0) is 9.53 Å². The summed E-state index contributed by atoms with van der Waals surface area (Å²) in [5, 5.41) is 4.20. The minimum absolute atomic E-state index is 0.183. The van der Waals surface area contributed by atoms with Gasteiger partial charge in [-0.3, -0.25) is 9.48 Å². The number of carbonyl (C=O) groups excluding carboxylic acids is 1. The van der Waals surface area contributed by atoms with Crippen LogP contribution in [0, 0.1) is 5.92 Å². The zero-order valence-corrected chi connectivity index (χ0v) is 9.79. The molecule has 0 radical (unpaired) electrons. The lowest BCUT2D eigenvalue weighted by atomic mass is 9.96. The van der Waals surface area contributed by atoms with Crippen molar-refractivity contribution < 1.29 is 9.53 Å². The minimum Gasteiger partial charge on any atom is -0.381 e. The van der Waals surface area contributed by atoms with Crippen LogP contribution in [0.3, 0.4) is 0 Å². The van der Waals surface area contributed by atoms with E-state index in [4.69, 9.17) is 4.74 Å². The van der Waals surface area contributed by atoms with Gasteiger partial charge in [0.2, 0.25) is 5.91 Å². The first-order valence-electron chi connectivity index (χ1n) is 6.20. The molecule has 1 aromatic rings. The van der Waals surface area contributed by atoms with Crippen molar-refractivity contribution in [1.29, 1.82) is 0 Å². The van der Waals surface area contributed by atoms with Gasteiger partial charge in [-0.1, -0.05) is 0 Å². The summed E-state index contributed by atoms with van der Waals surface area (Å²) in [5.41, 5.74) is 0. The molecular formula is C12H17N3O2. The molecular weight excluding hydrogens is 218 g/mol. The molecule has 0 saturated carbocycles. The normalized spacial score (nSPS) is 22.5. The van der Waals surface area contributed by atoms with E-state index in [1.165, 1.54) is 0 Å². The van der Waals surface area contributed by atoms with E-state index in [1.807, 2.05) is 21.8 Å². The van der Waals surface area contributed by atoms with Crippen molar-refractivity contribution in [3.63, 3.8) is 0 Å². The molecule has 2 fully saturated rings. The van der Waals surface area contributed by atoms with Crippen LogP contribution in [0.5, 0.6) is 0 Å². The summed E-state index contributed by atoms with van der Waals surface area (Å²) in [5.74, 6) is 0.485. The number of amides is 1. The maximum absolute atomic E-state index is 12.1. The number of rotatable bonds is 2. The molecule has 3 rings (SSSR count). The Balaban J connectivity index is 1.53. The van der Waals surface area contributed by atoms with E-state index < -0.39 is 0 Å². The summed E-state index contributed by atoms with van der Waals surface area (Å²) in [6, 6.07) is 2.29. The average Bonchev–Trinajstić information content (AvgIpc) is 2.82. The molecule has 17 heavy (non-hydrogen) atoms. The Morgan fingerprint density at radius 1 is 1.29 bits per heavy atom. The zero-order chi connectivity index (χ0) is 11.7. The molecule has 0 aromatic carbocycles. The molecule has 0 unspecified atom stereocenters. The Labute approximate surface area is 100 Å². The first-order chi connectivity index (χ1) is 8.34. The van der Waals surface area contributed by atoms with Crippen molar-refractivity contribution in [2.45, 2.75) is 18.9 Å². The number of carbonyl (C=O) groups is 1. The smallest absolute Gasteiger partial charge is 0.226 e. The van der Waals surface area contributed by atoms with E-state index in [1.54, 1.807) is 6.20 Å². The summed E-state index contributed by atoms with van der Waals surface area (Å²) in [4.78, 5) is 14.1. The fourth-order valence-electron chi connectivity index (χ4n) is 2.50. The molecule has 2 saturated heterocycles. The Kier molecular flexibility index (Phi) is 2.84. The van der Waals surface area contributed by atoms with Gasteiger partial charge < -0.3 is 9.64 Å². The van der Waals surface area contributed by atoms with Crippen LogP contribution in [0.25, 0.3) is 0 Å². The van der Waals surface area contributed by atoms with Crippen LogP contribution < -0.4 is 0 Å². The van der Waals surface area contributed by atoms with Crippen molar-refractivity contribution >= 4 is 5.91 Å². The van der Waals surface area contributed by atoms with E-state index in [-0.39, 0.29) is 5.92 Å². The van der Waals surface area contributed by atoms with Crippen molar-refractivity contribution in [3.05, 3.63) is 18.5 Å². The van der Waals surface area contributed by atoms with Gasteiger partial charge in [-0.15, -0.1) is 0 Å². The van der Waals surface area contributed by atoms with Crippen LogP contribution in [-0.4, -0.2) is 46.9 Å². The molecule has 0 bridgehead atoms. The molecule has 92 valence electrons. The van der Waals surface area contributed by atoms with Gasteiger partial charge in [0.1, 0.15) is 0 Å². The summed E-state index contributed by atoms with van der Waals surface area (Å²) >= 11 is 0. The Morgan fingerprint density at radius 3 is 2.71 bits per heavy atom. The molecule has 0 atom stereocenters. The number of aromatic nitrogens is 2. The first kappa shape index (κ1) is 10.8. The second-order valence-electron chi connectivity index (χ2n) is 4.77. The molecule has 5 heteroatoms. The quantitative estimate of drug-likeness (QED) is 0.758. The van der Waals surface area contributed by atoms with Crippen LogP contribution in [0.4, 0.5) is 0 Å². The largest absolute Gasteiger partial charge is 0.381 e. The topological polar surface area (TPSA) is 47.4 Å². The number of likely N-dealkylation sites (tertiary alicyclic amines) is 1. The van der Waals surface area contributed by atoms with E-state index >= 15 is 0 Å². The maximum atomic E-state index is 12.1. The average molecular weight is 235 g/mol. The molecule has 3 heterocycles. The molecule has 0 aliphatic carbocycles. The highest BCUT2D eigenvalue weighted by Crippen LogP contribution is 2.25. The second-order valence-corrected chi connectivity index (χ2v) is 4.77. The van der Waals surface area contributed by atoms with Crippen LogP contribution in [0.15, 0.2) is 18.5 Å². The highest BCUT2D eigenvalue weighted by Gasteiger charge is 2.35. The van der Waals surface area contributed by atoms with Gasteiger partial charge in [-0.2, -0.15) is 5.10 Å². The molecule has 0 spiro atoms. The van der Waals surface area contributed by atoms with Gasteiger partial charge in [0.05, 0.1) is 6.04 Å². The third kappa shape index (κ3) is 2.07. The summed E-state index contributed by atoms with van der Waals surface area (Å²) < 4.78 is 7.21.